The third kappa shape index (κ3) is 3.92. The molecule has 2 atom stereocenters. The Bertz CT molecular complexity index is 491. The molecule has 1 saturated heterocycles. The summed E-state index contributed by atoms with van der Waals surface area (Å²) in [5, 5.41) is 12.6. The Balaban J connectivity index is 2.22. The van der Waals surface area contributed by atoms with Gasteiger partial charge >= 0.3 is 0 Å². The summed E-state index contributed by atoms with van der Waals surface area (Å²) in [5.74, 6) is 0.634. The zero-order valence-corrected chi connectivity index (χ0v) is 12.7. The lowest BCUT2D eigenvalue weighted by molar-refractivity contribution is -0.125. The van der Waals surface area contributed by atoms with Crippen LogP contribution in [-0.4, -0.2) is 47.8 Å². The Morgan fingerprint density at radius 3 is 2.95 bits per heavy atom. The molecule has 0 bridgehead atoms. The smallest absolute Gasteiger partial charge is 0.245 e. The monoisotopic (exact) mass is 293 g/mol. The molecule has 1 fully saturated rings. The second-order valence-corrected chi connectivity index (χ2v) is 5.57. The summed E-state index contributed by atoms with van der Waals surface area (Å²) in [7, 11) is 0. The van der Waals surface area contributed by atoms with Crippen LogP contribution in [0.25, 0.3) is 0 Å². The van der Waals surface area contributed by atoms with Gasteiger partial charge < -0.3 is 20.1 Å². The lowest BCUT2D eigenvalue weighted by Crippen LogP contribution is -2.55. The second-order valence-electron chi connectivity index (χ2n) is 5.57. The summed E-state index contributed by atoms with van der Waals surface area (Å²) < 4.78 is 5.43. The predicted molar refractivity (Wildman–Crippen MR) is 80.1 cm³/mol. The largest absolute Gasteiger partial charge is 0.389 e. The van der Waals surface area contributed by atoms with Crippen molar-refractivity contribution in [3.63, 3.8) is 0 Å². The third-order valence-corrected chi connectivity index (χ3v) is 3.41. The number of carbonyl (C=O) groups is 1. The molecular formula is C15H23N3O3. The molecule has 1 aromatic heterocycles. The van der Waals surface area contributed by atoms with Crippen LogP contribution in [0.5, 0.6) is 0 Å². The first-order valence-corrected chi connectivity index (χ1v) is 7.28. The van der Waals surface area contributed by atoms with E-state index in [-0.39, 0.29) is 11.9 Å². The number of aliphatic hydroxyl groups excluding tert-OH is 1. The number of rotatable bonds is 4. The van der Waals surface area contributed by atoms with Crippen molar-refractivity contribution < 1.29 is 14.6 Å². The highest BCUT2D eigenvalue weighted by molar-refractivity contribution is 5.85. The summed E-state index contributed by atoms with van der Waals surface area (Å²) >= 11 is 0. The van der Waals surface area contributed by atoms with Crippen LogP contribution in [0.15, 0.2) is 18.3 Å². The van der Waals surface area contributed by atoms with Crippen molar-refractivity contribution in [1.29, 1.82) is 0 Å². The van der Waals surface area contributed by atoms with E-state index in [4.69, 9.17) is 4.74 Å². The molecule has 2 unspecified atom stereocenters. The molecule has 21 heavy (non-hydrogen) atoms. The molecule has 1 aliphatic heterocycles. The van der Waals surface area contributed by atoms with Gasteiger partial charge in [-0.2, -0.15) is 0 Å². The van der Waals surface area contributed by atoms with Crippen LogP contribution in [0.4, 0.5) is 5.82 Å². The van der Waals surface area contributed by atoms with E-state index in [1.165, 1.54) is 0 Å². The van der Waals surface area contributed by atoms with Gasteiger partial charge in [0.2, 0.25) is 5.91 Å². The number of hydrogen-bond donors (Lipinski definition) is 2. The summed E-state index contributed by atoms with van der Waals surface area (Å²) in [6.45, 7) is 7.08. The Labute approximate surface area is 125 Å². The molecule has 2 rings (SSSR count). The molecule has 0 aromatic carbocycles. The average molecular weight is 293 g/mol. The zero-order chi connectivity index (χ0) is 15.4. The lowest BCUT2D eigenvalue weighted by atomic mass is 10.1. The van der Waals surface area contributed by atoms with Crippen LogP contribution in [-0.2, 0) is 9.53 Å². The van der Waals surface area contributed by atoms with Crippen molar-refractivity contribution in [2.45, 2.75) is 39.0 Å². The molecule has 2 N–H and O–H groups in total. The van der Waals surface area contributed by atoms with E-state index < -0.39 is 12.1 Å². The normalized spacial score (nSPS) is 20.4. The van der Waals surface area contributed by atoms with Crippen molar-refractivity contribution in [2.24, 2.45) is 0 Å². The van der Waals surface area contributed by atoms with Gasteiger partial charge in [-0.25, -0.2) is 4.98 Å². The maximum atomic E-state index is 12.3. The van der Waals surface area contributed by atoms with Crippen LogP contribution < -0.4 is 10.2 Å². The summed E-state index contributed by atoms with van der Waals surface area (Å²) in [5.41, 5.74) is 0.787. The standard InChI is InChI=1S/C15H23N3O3/c1-10(2)17-15(20)13-9-21-7-6-18(13)14-8-12(11(3)19)4-5-16-14/h4-5,8,10-11,13,19H,6-7,9H2,1-3H3,(H,17,20). The minimum absolute atomic E-state index is 0.0612. The van der Waals surface area contributed by atoms with Gasteiger partial charge in [-0.15, -0.1) is 0 Å². The fraction of sp³-hybridized carbons (Fsp3) is 0.600. The third-order valence-electron chi connectivity index (χ3n) is 3.41. The van der Waals surface area contributed by atoms with Crippen molar-refractivity contribution in [2.75, 3.05) is 24.7 Å². The first-order valence-electron chi connectivity index (χ1n) is 7.28. The van der Waals surface area contributed by atoms with Crippen molar-refractivity contribution in [1.82, 2.24) is 10.3 Å². The highest BCUT2D eigenvalue weighted by Gasteiger charge is 2.30. The molecule has 1 amide bonds. The minimum atomic E-state index is -0.560. The van der Waals surface area contributed by atoms with Gasteiger partial charge in [0.25, 0.3) is 0 Å². The maximum absolute atomic E-state index is 12.3. The topological polar surface area (TPSA) is 74.7 Å². The van der Waals surface area contributed by atoms with Gasteiger partial charge in [0.05, 0.1) is 19.3 Å². The van der Waals surface area contributed by atoms with Gasteiger partial charge in [0.1, 0.15) is 11.9 Å². The molecular weight excluding hydrogens is 270 g/mol. The second kappa shape index (κ2) is 6.87. The number of hydrogen-bond acceptors (Lipinski definition) is 5. The van der Waals surface area contributed by atoms with E-state index in [9.17, 15) is 9.90 Å². The lowest BCUT2D eigenvalue weighted by Gasteiger charge is -2.36. The van der Waals surface area contributed by atoms with E-state index in [2.05, 4.69) is 10.3 Å². The van der Waals surface area contributed by atoms with Crippen LogP contribution in [0.2, 0.25) is 0 Å². The maximum Gasteiger partial charge on any atom is 0.245 e. The van der Waals surface area contributed by atoms with Crippen LogP contribution >= 0.6 is 0 Å². The number of aliphatic hydroxyl groups is 1. The quantitative estimate of drug-likeness (QED) is 0.861. The molecule has 0 radical (unpaired) electrons. The predicted octanol–water partition coefficient (Wildman–Crippen LogP) is 0.865. The Kier molecular flexibility index (Phi) is 5.14. The number of amides is 1. The first-order chi connectivity index (χ1) is 9.99. The van der Waals surface area contributed by atoms with Crippen LogP contribution in [0.1, 0.15) is 32.4 Å². The van der Waals surface area contributed by atoms with E-state index in [1.54, 1.807) is 19.2 Å². The van der Waals surface area contributed by atoms with Gasteiger partial charge in [-0.3, -0.25) is 4.79 Å². The number of morpholine rings is 1. The summed E-state index contributed by atoms with van der Waals surface area (Å²) in [4.78, 5) is 18.6. The van der Waals surface area contributed by atoms with Crippen molar-refractivity contribution in [3.05, 3.63) is 23.9 Å². The van der Waals surface area contributed by atoms with Gasteiger partial charge in [0.15, 0.2) is 0 Å². The van der Waals surface area contributed by atoms with Crippen molar-refractivity contribution >= 4 is 11.7 Å². The molecule has 6 heteroatoms. The Morgan fingerprint density at radius 2 is 2.29 bits per heavy atom. The van der Waals surface area contributed by atoms with Gasteiger partial charge in [0, 0.05) is 18.8 Å². The molecule has 2 heterocycles. The van der Waals surface area contributed by atoms with Gasteiger partial charge in [-0.1, -0.05) is 0 Å². The zero-order valence-electron chi connectivity index (χ0n) is 12.7. The number of aromatic nitrogens is 1. The summed E-state index contributed by atoms with van der Waals surface area (Å²) in [6.07, 6.45) is 1.10. The molecule has 0 saturated carbocycles. The molecule has 0 aliphatic carbocycles. The molecule has 0 spiro atoms. The fourth-order valence-electron chi connectivity index (χ4n) is 2.33. The summed E-state index contributed by atoms with van der Waals surface area (Å²) in [6, 6.07) is 3.29. The number of carbonyl (C=O) groups excluding carboxylic acids is 1. The number of nitrogens with zero attached hydrogens (tertiary/aromatic N) is 2. The first kappa shape index (κ1) is 15.7. The number of ether oxygens (including phenoxy) is 1. The van der Waals surface area contributed by atoms with Crippen LogP contribution in [0.3, 0.4) is 0 Å². The molecule has 6 nitrogen and oxygen atoms in total. The SMILES string of the molecule is CC(C)NC(=O)C1COCCN1c1cc(C(C)O)ccn1. The molecule has 116 valence electrons. The molecule has 1 aromatic rings. The average Bonchev–Trinajstić information content (AvgIpc) is 2.46. The van der Waals surface area contributed by atoms with E-state index >= 15 is 0 Å². The molecule has 1 aliphatic rings. The van der Waals surface area contributed by atoms with Crippen LogP contribution in [0, 0.1) is 0 Å². The highest BCUT2D eigenvalue weighted by atomic mass is 16.5. The fourth-order valence-corrected chi connectivity index (χ4v) is 2.33. The number of nitrogens with one attached hydrogen (secondary N) is 1. The van der Waals surface area contributed by atoms with Crippen molar-refractivity contribution in [3.8, 4) is 0 Å². The van der Waals surface area contributed by atoms with E-state index in [1.807, 2.05) is 24.8 Å². The Morgan fingerprint density at radius 1 is 1.52 bits per heavy atom. The van der Waals surface area contributed by atoms with Gasteiger partial charge in [-0.05, 0) is 38.5 Å². The number of anilines is 1. The van der Waals surface area contributed by atoms with E-state index in [0.717, 1.165) is 5.56 Å². The Hall–Kier alpha value is -1.66. The van der Waals surface area contributed by atoms with E-state index in [0.29, 0.717) is 25.6 Å². The minimum Gasteiger partial charge on any atom is -0.389 e. The highest BCUT2D eigenvalue weighted by Crippen LogP contribution is 2.21. The number of pyridine rings is 1.